The number of carbonyl (C=O) groups excluding carboxylic acids is 3. The quantitative estimate of drug-likeness (QED) is 0.470. The van der Waals surface area contributed by atoms with Crippen molar-refractivity contribution < 1.29 is 24.2 Å². The van der Waals surface area contributed by atoms with Gasteiger partial charge in [0, 0.05) is 37.0 Å². The van der Waals surface area contributed by atoms with Crippen LogP contribution < -0.4 is 4.90 Å². The summed E-state index contributed by atoms with van der Waals surface area (Å²) in [5.74, 6) is -2.46. The second-order valence-electron chi connectivity index (χ2n) is 8.06. The van der Waals surface area contributed by atoms with Gasteiger partial charge >= 0.3 is 0 Å². The Labute approximate surface area is 179 Å². The lowest BCUT2D eigenvalue weighted by atomic mass is 9.81. The molecule has 7 heteroatoms. The fourth-order valence-corrected chi connectivity index (χ4v) is 4.95. The van der Waals surface area contributed by atoms with Gasteiger partial charge in [-0.15, -0.1) is 0 Å². The number of Topliss-reactive ketones (excluding diaryl/α,β-unsaturated/α-hetero) is 1. The number of likely N-dealkylation sites (N-methyl/N-ethyl adjacent to an activating group) is 1. The summed E-state index contributed by atoms with van der Waals surface area (Å²) in [5, 5.41) is 11.2. The van der Waals surface area contributed by atoms with Crippen LogP contribution in [-0.2, 0) is 24.7 Å². The first-order chi connectivity index (χ1) is 15.0. The number of carbonyl (C=O) groups is 3. The minimum absolute atomic E-state index is 0.101. The molecule has 3 aliphatic rings. The summed E-state index contributed by atoms with van der Waals surface area (Å²) in [4.78, 5) is 43.1. The van der Waals surface area contributed by atoms with E-state index in [0.717, 1.165) is 12.8 Å². The van der Waals surface area contributed by atoms with Crippen LogP contribution in [0.25, 0.3) is 5.76 Å². The summed E-state index contributed by atoms with van der Waals surface area (Å²) in [6.45, 7) is 0.681. The van der Waals surface area contributed by atoms with Gasteiger partial charge in [0.15, 0.2) is 5.54 Å². The first kappa shape index (κ1) is 19.5. The Hall–Kier alpha value is -3.45. The van der Waals surface area contributed by atoms with Crippen molar-refractivity contribution in [2.45, 2.75) is 24.5 Å². The zero-order valence-electron chi connectivity index (χ0n) is 17.1. The van der Waals surface area contributed by atoms with Crippen molar-refractivity contribution in [2.24, 2.45) is 0 Å². The van der Waals surface area contributed by atoms with E-state index >= 15 is 0 Å². The molecule has 2 fully saturated rings. The molecule has 2 atom stereocenters. The highest BCUT2D eigenvalue weighted by molar-refractivity contribution is 6.50. The van der Waals surface area contributed by atoms with E-state index in [0.29, 0.717) is 23.4 Å². The monoisotopic (exact) mass is 418 g/mol. The van der Waals surface area contributed by atoms with Crippen molar-refractivity contribution >= 4 is 29.0 Å². The molecule has 0 bridgehead atoms. The van der Waals surface area contributed by atoms with Gasteiger partial charge in [-0.2, -0.15) is 0 Å². The fourth-order valence-electron chi connectivity index (χ4n) is 4.95. The predicted octanol–water partition coefficient (Wildman–Crippen LogP) is 2.42. The Morgan fingerprint density at radius 2 is 1.81 bits per heavy atom. The van der Waals surface area contributed by atoms with Crippen molar-refractivity contribution in [3.05, 3.63) is 71.3 Å². The molecule has 0 unspecified atom stereocenters. The SMILES string of the molecule is CN1C(=O)[C@@]2(C(=C(O)c3ccccc3)C(=O)C(=O)N2C[C@@H]2CCCO2)c2ccccc21. The Balaban J connectivity index is 1.80. The number of ketones is 1. The molecule has 3 aliphatic heterocycles. The molecule has 3 heterocycles. The standard InChI is InChI=1S/C24H22N2O5/c1-25-18-12-6-5-11-17(18)24(23(25)30)19(20(27)15-8-3-2-4-9-15)21(28)22(29)26(24)14-16-10-7-13-31-16/h2-6,8-9,11-12,16,27H,7,10,13-14H2,1H3/t16-,24-/m0/s1. The van der Waals surface area contributed by atoms with Crippen molar-refractivity contribution in [2.75, 3.05) is 25.1 Å². The molecule has 0 aromatic heterocycles. The van der Waals surface area contributed by atoms with E-state index in [9.17, 15) is 19.5 Å². The number of nitrogens with zero attached hydrogens (tertiary/aromatic N) is 2. The molecular weight excluding hydrogens is 396 g/mol. The van der Waals surface area contributed by atoms with Gasteiger partial charge < -0.3 is 19.6 Å². The van der Waals surface area contributed by atoms with Gasteiger partial charge in [-0.05, 0) is 18.9 Å². The van der Waals surface area contributed by atoms with Crippen molar-refractivity contribution in [3.8, 4) is 0 Å². The minimum Gasteiger partial charge on any atom is -0.507 e. The van der Waals surface area contributed by atoms with Crippen LogP contribution in [0.4, 0.5) is 5.69 Å². The number of rotatable bonds is 3. The number of hydrogen-bond donors (Lipinski definition) is 1. The van der Waals surface area contributed by atoms with Gasteiger partial charge in [0.05, 0.1) is 11.7 Å². The zero-order chi connectivity index (χ0) is 21.8. The molecule has 0 aliphatic carbocycles. The van der Waals surface area contributed by atoms with E-state index in [-0.39, 0.29) is 24.0 Å². The van der Waals surface area contributed by atoms with Gasteiger partial charge in [-0.25, -0.2) is 0 Å². The molecule has 158 valence electrons. The van der Waals surface area contributed by atoms with Crippen molar-refractivity contribution in [1.82, 2.24) is 4.90 Å². The Bertz CT molecular complexity index is 1120. The van der Waals surface area contributed by atoms with E-state index in [4.69, 9.17) is 4.74 Å². The van der Waals surface area contributed by atoms with Crippen LogP contribution in [0.2, 0.25) is 0 Å². The summed E-state index contributed by atoms with van der Waals surface area (Å²) < 4.78 is 5.72. The number of hydrogen-bond acceptors (Lipinski definition) is 5. The lowest BCUT2D eigenvalue weighted by Gasteiger charge is -2.35. The van der Waals surface area contributed by atoms with Crippen LogP contribution in [0.5, 0.6) is 0 Å². The molecule has 1 spiro atoms. The third kappa shape index (κ3) is 2.59. The van der Waals surface area contributed by atoms with E-state index in [1.54, 1.807) is 61.6 Å². The molecule has 2 amide bonds. The Morgan fingerprint density at radius 3 is 2.52 bits per heavy atom. The number of fused-ring (bicyclic) bond motifs is 2. The molecule has 2 aromatic rings. The molecule has 7 nitrogen and oxygen atoms in total. The summed E-state index contributed by atoms with van der Waals surface area (Å²) in [5.41, 5.74) is -0.422. The van der Waals surface area contributed by atoms with Crippen LogP contribution in [0.3, 0.4) is 0 Å². The van der Waals surface area contributed by atoms with E-state index in [1.807, 2.05) is 0 Å². The third-order valence-electron chi connectivity index (χ3n) is 6.40. The van der Waals surface area contributed by atoms with Gasteiger partial charge in [0.25, 0.3) is 17.6 Å². The van der Waals surface area contributed by atoms with E-state index in [2.05, 4.69) is 0 Å². The highest BCUT2D eigenvalue weighted by atomic mass is 16.5. The normalized spacial score (nSPS) is 26.9. The average Bonchev–Trinajstić information content (AvgIpc) is 3.45. The fraction of sp³-hybridized carbons (Fsp3) is 0.292. The molecule has 2 saturated heterocycles. The second-order valence-corrected chi connectivity index (χ2v) is 8.06. The summed E-state index contributed by atoms with van der Waals surface area (Å²) in [6, 6.07) is 15.6. The number of benzene rings is 2. The summed E-state index contributed by atoms with van der Waals surface area (Å²) >= 11 is 0. The van der Waals surface area contributed by atoms with Crippen molar-refractivity contribution in [1.29, 1.82) is 0 Å². The smallest absolute Gasteiger partial charge is 0.296 e. The highest BCUT2D eigenvalue weighted by Crippen LogP contribution is 2.53. The molecule has 0 radical (unpaired) electrons. The largest absolute Gasteiger partial charge is 0.507 e. The number of aliphatic hydroxyl groups is 1. The first-order valence-electron chi connectivity index (χ1n) is 10.3. The molecule has 0 saturated carbocycles. The van der Waals surface area contributed by atoms with Gasteiger partial charge in [0.2, 0.25) is 0 Å². The van der Waals surface area contributed by atoms with Crippen LogP contribution in [-0.4, -0.2) is 53.9 Å². The predicted molar refractivity (Wildman–Crippen MR) is 113 cm³/mol. The Morgan fingerprint density at radius 1 is 1.10 bits per heavy atom. The Kier molecular flexibility index (Phi) is 4.44. The molecule has 2 aromatic carbocycles. The van der Waals surface area contributed by atoms with Gasteiger partial charge in [-0.3, -0.25) is 14.4 Å². The highest BCUT2D eigenvalue weighted by Gasteiger charge is 2.66. The lowest BCUT2D eigenvalue weighted by Crippen LogP contribution is -2.53. The van der Waals surface area contributed by atoms with E-state index < -0.39 is 23.1 Å². The zero-order valence-corrected chi connectivity index (χ0v) is 17.1. The number of ether oxygens (including phenoxy) is 1. The molecule has 5 rings (SSSR count). The average molecular weight is 418 g/mol. The molecule has 31 heavy (non-hydrogen) atoms. The van der Waals surface area contributed by atoms with Crippen LogP contribution >= 0.6 is 0 Å². The van der Waals surface area contributed by atoms with Crippen LogP contribution in [0, 0.1) is 0 Å². The molecular formula is C24H22N2O5. The number of aliphatic hydroxyl groups excluding tert-OH is 1. The van der Waals surface area contributed by atoms with Crippen LogP contribution in [0.1, 0.15) is 24.0 Å². The number of amides is 2. The topological polar surface area (TPSA) is 87.2 Å². The van der Waals surface area contributed by atoms with Gasteiger partial charge in [0.1, 0.15) is 5.76 Å². The number of para-hydroxylation sites is 1. The maximum Gasteiger partial charge on any atom is 0.296 e. The molecule has 1 N–H and O–H groups in total. The maximum atomic E-state index is 13.8. The van der Waals surface area contributed by atoms with E-state index in [1.165, 1.54) is 9.80 Å². The lowest BCUT2D eigenvalue weighted by molar-refractivity contribution is -0.145. The minimum atomic E-state index is -1.72. The van der Waals surface area contributed by atoms with Crippen molar-refractivity contribution in [3.63, 3.8) is 0 Å². The number of likely N-dealkylation sites (tertiary alicyclic amines) is 1. The van der Waals surface area contributed by atoms with Crippen LogP contribution in [0.15, 0.2) is 60.2 Å². The second kappa shape index (κ2) is 7.06. The first-order valence-corrected chi connectivity index (χ1v) is 10.3. The summed E-state index contributed by atoms with van der Waals surface area (Å²) in [6.07, 6.45) is 1.33. The summed E-state index contributed by atoms with van der Waals surface area (Å²) in [7, 11) is 1.62. The maximum absolute atomic E-state index is 13.8. The van der Waals surface area contributed by atoms with Gasteiger partial charge in [-0.1, -0.05) is 48.5 Å². The number of anilines is 1. The third-order valence-corrected chi connectivity index (χ3v) is 6.40.